The molecule has 0 aliphatic rings. The highest BCUT2D eigenvalue weighted by Crippen LogP contribution is 2.18. The molecule has 0 aliphatic heterocycles. The van der Waals surface area contributed by atoms with E-state index in [9.17, 15) is 0 Å². The molecule has 7 heteroatoms. The van der Waals surface area contributed by atoms with Crippen LogP contribution in [0, 0.1) is 3.57 Å². The van der Waals surface area contributed by atoms with Gasteiger partial charge in [0.25, 0.3) is 0 Å². The van der Waals surface area contributed by atoms with Crippen molar-refractivity contribution in [3.05, 3.63) is 34.4 Å². The average molecular weight is 355 g/mol. The highest BCUT2D eigenvalue weighted by atomic mass is 127. The maximum absolute atomic E-state index is 8.84. The van der Waals surface area contributed by atoms with E-state index in [1.165, 1.54) is 0 Å². The summed E-state index contributed by atoms with van der Waals surface area (Å²) in [5.41, 5.74) is 1.97. The van der Waals surface area contributed by atoms with Gasteiger partial charge in [0.05, 0.1) is 28.4 Å². The molecular weight excluding hydrogens is 345 g/mol. The molecular formula is C11H10IN5O. The third-order valence-corrected chi connectivity index (χ3v) is 3.42. The number of hydrogen-bond acceptors (Lipinski definition) is 4. The Kier molecular flexibility index (Phi) is 3.00. The Hall–Kier alpha value is -1.48. The van der Waals surface area contributed by atoms with E-state index < -0.39 is 0 Å². The van der Waals surface area contributed by atoms with Crippen molar-refractivity contribution in [2.24, 2.45) is 0 Å². The average Bonchev–Trinajstić information content (AvgIpc) is 2.97. The standard InChI is InChI=1S/C11H10IN5O/c12-9-5-14-17-6-8(1-2-10(9)17)11-13-7-16(15-11)3-4-18/h1-2,5-7,18H,3-4H2. The van der Waals surface area contributed by atoms with Crippen LogP contribution >= 0.6 is 22.6 Å². The molecule has 0 aliphatic carbocycles. The third-order valence-electron chi connectivity index (χ3n) is 2.59. The summed E-state index contributed by atoms with van der Waals surface area (Å²) in [5.74, 6) is 0.635. The first-order valence-corrected chi connectivity index (χ1v) is 6.49. The number of fused-ring (bicyclic) bond motifs is 1. The Morgan fingerprint density at radius 1 is 1.33 bits per heavy atom. The van der Waals surface area contributed by atoms with Crippen molar-refractivity contribution >= 4 is 28.1 Å². The summed E-state index contributed by atoms with van der Waals surface area (Å²) in [7, 11) is 0. The summed E-state index contributed by atoms with van der Waals surface area (Å²) in [4.78, 5) is 4.22. The second kappa shape index (κ2) is 4.65. The molecule has 0 fully saturated rings. The Balaban J connectivity index is 2.02. The maximum Gasteiger partial charge on any atom is 0.182 e. The van der Waals surface area contributed by atoms with Crippen LogP contribution in [0.2, 0.25) is 0 Å². The Bertz CT molecular complexity index is 690. The van der Waals surface area contributed by atoms with Crippen LogP contribution in [0.15, 0.2) is 30.9 Å². The van der Waals surface area contributed by atoms with Crippen LogP contribution in [-0.2, 0) is 6.54 Å². The lowest BCUT2D eigenvalue weighted by atomic mass is 10.2. The lowest BCUT2D eigenvalue weighted by Crippen LogP contribution is -2.02. The van der Waals surface area contributed by atoms with Crippen molar-refractivity contribution in [3.63, 3.8) is 0 Å². The normalized spacial score (nSPS) is 11.2. The van der Waals surface area contributed by atoms with E-state index >= 15 is 0 Å². The van der Waals surface area contributed by atoms with E-state index in [0.29, 0.717) is 12.4 Å². The Labute approximate surface area is 116 Å². The van der Waals surface area contributed by atoms with E-state index in [2.05, 4.69) is 37.8 Å². The summed E-state index contributed by atoms with van der Waals surface area (Å²) in [6.45, 7) is 0.508. The van der Waals surface area contributed by atoms with Gasteiger partial charge < -0.3 is 5.11 Å². The summed E-state index contributed by atoms with van der Waals surface area (Å²) < 4.78 is 4.54. The van der Waals surface area contributed by atoms with Gasteiger partial charge in [-0.05, 0) is 34.7 Å². The first-order valence-electron chi connectivity index (χ1n) is 5.41. The molecule has 0 radical (unpaired) electrons. The molecule has 0 saturated carbocycles. The van der Waals surface area contributed by atoms with Gasteiger partial charge in [0.2, 0.25) is 0 Å². The molecule has 0 aromatic carbocycles. The number of aliphatic hydroxyl groups is 1. The zero-order valence-electron chi connectivity index (χ0n) is 9.36. The molecule has 1 N–H and O–H groups in total. The van der Waals surface area contributed by atoms with Crippen LogP contribution in [0.5, 0.6) is 0 Å². The van der Waals surface area contributed by atoms with Crippen LogP contribution in [0.1, 0.15) is 0 Å². The van der Waals surface area contributed by atoms with Crippen molar-refractivity contribution < 1.29 is 5.11 Å². The largest absolute Gasteiger partial charge is 0.394 e. The number of aliphatic hydroxyl groups excluding tert-OH is 1. The molecule has 3 heterocycles. The second-order valence-corrected chi connectivity index (χ2v) is 4.96. The second-order valence-electron chi connectivity index (χ2n) is 3.79. The minimum Gasteiger partial charge on any atom is -0.394 e. The fourth-order valence-corrected chi connectivity index (χ4v) is 2.27. The Morgan fingerprint density at radius 2 is 2.22 bits per heavy atom. The lowest BCUT2D eigenvalue weighted by Gasteiger charge is -1.98. The fraction of sp³-hybridized carbons (Fsp3) is 0.182. The summed E-state index contributed by atoms with van der Waals surface area (Å²) in [6.07, 6.45) is 5.33. The summed E-state index contributed by atoms with van der Waals surface area (Å²) >= 11 is 2.25. The number of halogens is 1. The molecule has 3 aromatic heterocycles. The van der Waals surface area contributed by atoms with Gasteiger partial charge in [0, 0.05) is 11.8 Å². The van der Waals surface area contributed by atoms with E-state index in [4.69, 9.17) is 5.11 Å². The molecule has 0 atom stereocenters. The van der Waals surface area contributed by atoms with E-state index in [1.54, 1.807) is 11.0 Å². The summed E-state index contributed by atoms with van der Waals surface area (Å²) in [6, 6.07) is 3.97. The molecule has 0 unspecified atom stereocenters. The van der Waals surface area contributed by atoms with Gasteiger partial charge in [-0.15, -0.1) is 0 Å². The molecule has 0 saturated heterocycles. The fourth-order valence-electron chi connectivity index (χ4n) is 1.72. The molecule has 3 aromatic rings. The van der Waals surface area contributed by atoms with E-state index in [1.807, 2.05) is 29.0 Å². The molecule has 0 spiro atoms. The minimum atomic E-state index is 0.0547. The van der Waals surface area contributed by atoms with Gasteiger partial charge in [0.15, 0.2) is 5.82 Å². The van der Waals surface area contributed by atoms with Crippen LogP contribution < -0.4 is 0 Å². The van der Waals surface area contributed by atoms with E-state index in [0.717, 1.165) is 14.7 Å². The number of aromatic nitrogens is 5. The number of nitrogens with zero attached hydrogens (tertiary/aromatic N) is 5. The topological polar surface area (TPSA) is 68.2 Å². The van der Waals surface area contributed by atoms with Gasteiger partial charge in [-0.1, -0.05) is 0 Å². The number of rotatable bonds is 3. The van der Waals surface area contributed by atoms with Crippen molar-refractivity contribution in [2.75, 3.05) is 6.61 Å². The zero-order valence-corrected chi connectivity index (χ0v) is 11.5. The van der Waals surface area contributed by atoms with Crippen LogP contribution in [-0.4, -0.2) is 36.1 Å². The predicted molar refractivity (Wildman–Crippen MR) is 74.0 cm³/mol. The molecule has 0 bridgehead atoms. The molecule has 6 nitrogen and oxygen atoms in total. The van der Waals surface area contributed by atoms with Gasteiger partial charge in [0.1, 0.15) is 6.33 Å². The van der Waals surface area contributed by atoms with E-state index in [-0.39, 0.29) is 6.61 Å². The minimum absolute atomic E-state index is 0.0547. The van der Waals surface area contributed by atoms with Crippen molar-refractivity contribution in [3.8, 4) is 11.4 Å². The molecule has 0 amide bonds. The monoisotopic (exact) mass is 355 g/mol. The van der Waals surface area contributed by atoms with Crippen LogP contribution in [0.3, 0.4) is 0 Å². The quantitative estimate of drug-likeness (QED) is 0.717. The third kappa shape index (κ3) is 1.99. The zero-order chi connectivity index (χ0) is 12.5. The molecule has 92 valence electrons. The Morgan fingerprint density at radius 3 is 3.06 bits per heavy atom. The smallest absolute Gasteiger partial charge is 0.182 e. The number of hydrogen-bond donors (Lipinski definition) is 1. The highest BCUT2D eigenvalue weighted by Gasteiger charge is 2.07. The summed E-state index contributed by atoms with van der Waals surface area (Å²) in [5, 5.41) is 17.4. The lowest BCUT2D eigenvalue weighted by molar-refractivity contribution is 0.269. The van der Waals surface area contributed by atoms with Gasteiger partial charge >= 0.3 is 0 Å². The molecule has 18 heavy (non-hydrogen) atoms. The van der Waals surface area contributed by atoms with Crippen molar-refractivity contribution in [2.45, 2.75) is 6.54 Å². The SMILES string of the molecule is OCCn1cnc(-c2ccc3c(I)cnn3c2)n1. The van der Waals surface area contributed by atoms with Gasteiger partial charge in [-0.25, -0.2) is 9.50 Å². The van der Waals surface area contributed by atoms with Crippen LogP contribution in [0.25, 0.3) is 16.9 Å². The van der Waals surface area contributed by atoms with Gasteiger partial charge in [-0.3, -0.25) is 4.68 Å². The van der Waals surface area contributed by atoms with Crippen molar-refractivity contribution in [1.29, 1.82) is 0 Å². The van der Waals surface area contributed by atoms with Gasteiger partial charge in [-0.2, -0.15) is 10.2 Å². The van der Waals surface area contributed by atoms with Crippen LogP contribution in [0.4, 0.5) is 0 Å². The van der Waals surface area contributed by atoms with Crippen molar-refractivity contribution in [1.82, 2.24) is 24.4 Å². The maximum atomic E-state index is 8.84. The predicted octanol–water partition coefficient (Wildman–Crippen LogP) is 1.19. The highest BCUT2D eigenvalue weighted by molar-refractivity contribution is 14.1. The first-order chi connectivity index (χ1) is 8.78. The molecule has 3 rings (SSSR count). The first kappa shape index (κ1) is 11.6. The number of pyridine rings is 1.